The Morgan fingerprint density at radius 3 is 2.18 bits per heavy atom. The molecule has 1 atom stereocenters. The third kappa shape index (κ3) is 4.35. The van der Waals surface area contributed by atoms with Crippen molar-refractivity contribution in [3.63, 3.8) is 0 Å². The average molecular weight is 447 g/mol. The van der Waals surface area contributed by atoms with Gasteiger partial charge in [0.15, 0.2) is 5.78 Å². The van der Waals surface area contributed by atoms with E-state index in [1.165, 1.54) is 0 Å². The Bertz CT molecular complexity index is 1390. The lowest BCUT2D eigenvalue weighted by Crippen LogP contribution is -2.14. The molecule has 0 aliphatic heterocycles. The van der Waals surface area contributed by atoms with E-state index in [2.05, 4.69) is 34.9 Å². The van der Waals surface area contributed by atoms with Crippen LogP contribution in [0, 0.1) is 0 Å². The number of hydrogen-bond donors (Lipinski definition) is 0. The molecular weight excluding hydrogens is 420 g/mol. The van der Waals surface area contributed by atoms with Crippen molar-refractivity contribution in [3.8, 4) is 17.1 Å². The monoisotopic (exact) mass is 446 g/mol. The second kappa shape index (κ2) is 9.75. The van der Waals surface area contributed by atoms with Crippen LogP contribution in [0.3, 0.4) is 0 Å². The number of para-hydroxylation sites is 2. The van der Waals surface area contributed by atoms with E-state index in [0.717, 1.165) is 39.3 Å². The second-order valence-electron chi connectivity index (χ2n) is 8.28. The molecule has 168 valence electrons. The van der Waals surface area contributed by atoms with Crippen LogP contribution in [-0.4, -0.2) is 22.4 Å². The Kier molecular flexibility index (Phi) is 6.21. The first-order valence-corrected chi connectivity index (χ1v) is 11.5. The number of ether oxygens (including phenoxy) is 1. The number of carbonyl (C=O) groups excluding carboxylic acids is 1. The van der Waals surface area contributed by atoms with Gasteiger partial charge in [-0.3, -0.25) is 4.79 Å². The zero-order valence-corrected chi connectivity index (χ0v) is 19.1. The van der Waals surface area contributed by atoms with Crippen molar-refractivity contribution in [2.24, 2.45) is 0 Å². The number of imidazole rings is 1. The van der Waals surface area contributed by atoms with E-state index in [4.69, 9.17) is 9.72 Å². The number of fused-ring (bicyclic) bond motifs is 1. The average Bonchev–Trinajstić information content (AvgIpc) is 3.29. The van der Waals surface area contributed by atoms with E-state index >= 15 is 0 Å². The molecule has 0 saturated heterocycles. The van der Waals surface area contributed by atoms with Gasteiger partial charge in [0.05, 0.1) is 24.2 Å². The summed E-state index contributed by atoms with van der Waals surface area (Å²) in [6.45, 7) is 0. The van der Waals surface area contributed by atoms with Gasteiger partial charge in [0, 0.05) is 17.5 Å². The molecule has 0 fully saturated rings. The third-order valence-corrected chi connectivity index (χ3v) is 6.18. The summed E-state index contributed by atoms with van der Waals surface area (Å²) in [4.78, 5) is 18.0. The first-order chi connectivity index (χ1) is 16.7. The van der Waals surface area contributed by atoms with Crippen molar-refractivity contribution in [1.82, 2.24) is 9.55 Å². The molecule has 0 amide bonds. The maximum atomic E-state index is 13.0. The Labute approximate surface area is 199 Å². The second-order valence-corrected chi connectivity index (χ2v) is 8.28. The lowest BCUT2D eigenvalue weighted by atomic mass is 9.97. The number of aromatic nitrogens is 2. The molecule has 1 heterocycles. The molecule has 5 aromatic rings. The Balaban J connectivity index is 1.62. The van der Waals surface area contributed by atoms with Gasteiger partial charge in [0.1, 0.15) is 11.6 Å². The van der Waals surface area contributed by atoms with Crippen molar-refractivity contribution >= 4 is 16.8 Å². The van der Waals surface area contributed by atoms with E-state index in [1.807, 2.05) is 78.9 Å². The number of rotatable bonds is 8. The standard InChI is InChI=1S/C30H26N2O2/c1-34-25-18-16-22(17-19-25)27(20-21-29(33)23-10-4-2-5-11-23)32-28-15-9-8-14-26(28)31-30(32)24-12-6-3-7-13-24/h2-19,27H,20-21H2,1H3. The summed E-state index contributed by atoms with van der Waals surface area (Å²) < 4.78 is 7.67. The molecule has 4 heteroatoms. The summed E-state index contributed by atoms with van der Waals surface area (Å²) in [7, 11) is 1.67. The van der Waals surface area contributed by atoms with Crippen LogP contribution in [0.4, 0.5) is 0 Å². The van der Waals surface area contributed by atoms with Crippen LogP contribution in [0.1, 0.15) is 34.8 Å². The topological polar surface area (TPSA) is 44.1 Å². The Morgan fingerprint density at radius 1 is 0.824 bits per heavy atom. The van der Waals surface area contributed by atoms with Crippen molar-refractivity contribution in [2.75, 3.05) is 7.11 Å². The van der Waals surface area contributed by atoms with E-state index < -0.39 is 0 Å². The van der Waals surface area contributed by atoms with Crippen LogP contribution in [0.2, 0.25) is 0 Å². The minimum absolute atomic E-state index is 0.0684. The van der Waals surface area contributed by atoms with Crippen LogP contribution in [0.15, 0.2) is 109 Å². The molecule has 4 nitrogen and oxygen atoms in total. The van der Waals surface area contributed by atoms with Gasteiger partial charge in [0.25, 0.3) is 0 Å². The number of benzene rings is 4. The minimum atomic E-state index is -0.0684. The van der Waals surface area contributed by atoms with Crippen molar-refractivity contribution in [3.05, 3.63) is 120 Å². The van der Waals surface area contributed by atoms with Gasteiger partial charge in [0.2, 0.25) is 0 Å². The number of ketones is 1. The molecule has 1 unspecified atom stereocenters. The predicted octanol–water partition coefficient (Wildman–Crippen LogP) is 6.96. The summed E-state index contributed by atoms with van der Waals surface area (Å²) in [5.41, 5.74) is 4.90. The molecule has 5 rings (SSSR count). The molecule has 0 aliphatic rings. The Morgan fingerprint density at radius 2 is 1.47 bits per heavy atom. The number of Topliss-reactive ketones (excluding diaryl/α,β-unsaturated/α-hetero) is 1. The molecule has 0 bridgehead atoms. The Hall–Kier alpha value is -4.18. The lowest BCUT2D eigenvalue weighted by Gasteiger charge is -2.23. The minimum Gasteiger partial charge on any atom is -0.497 e. The molecule has 34 heavy (non-hydrogen) atoms. The van der Waals surface area contributed by atoms with Gasteiger partial charge in [-0.25, -0.2) is 4.98 Å². The SMILES string of the molecule is COc1ccc(C(CCC(=O)c2ccccc2)n2c(-c3ccccc3)nc3ccccc32)cc1. The number of nitrogens with zero attached hydrogens (tertiary/aromatic N) is 2. The molecule has 1 aromatic heterocycles. The van der Waals surface area contributed by atoms with Crippen molar-refractivity contribution in [1.29, 1.82) is 0 Å². The third-order valence-electron chi connectivity index (χ3n) is 6.18. The summed E-state index contributed by atoms with van der Waals surface area (Å²) in [5, 5.41) is 0. The van der Waals surface area contributed by atoms with Crippen LogP contribution in [-0.2, 0) is 0 Å². The first-order valence-electron chi connectivity index (χ1n) is 11.5. The molecule has 0 aliphatic carbocycles. The molecule has 0 spiro atoms. The summed E-state index contributed by atoms with van der Waals surface area (Å²) in [6.07, 6.45) is 1.09. The fourth-order valence-electron chi connectivity index (χ4n) is 4.46. The highest BCUT2D eigenvalue weighted by molar-refractivity contribution is 5.96. The van der Waals surface area contributed by atoms with E-state index in [-0.39, 0.29) is 11.8 Å². The smallest absolute Gasteiger partial charge is 0.162 e. The molecule has 0 radical (unpaired) electrons. The molecule has 0 saturated carbocycles. The van der Waals surface area contributed by atoms with E-state index in [0.29, 0.717) is 12.8 Å². The van der Waals surface area contributed by atoms with Gasteiger partial charge < -0.3 is 9.30 Å². The van der Waals surface area contributed by atoms with Crippen LogP contribution >= 0.6 is 0 Å². The van der Waals surface area contributed by atoms with Gasteiger partial charge in [-0.1, -0.05) is 84.9 Å². The summed E-state index contributed by atoms with van der Waals surface area (Å²) in [6, 6.07) is 36.0. The van der Waals surface area contributed by atoms with Crippen molar-refractivity contribution < 1.29 is 9.53 Å². The number of methoxy groups -OCH3 is 1. The van der Waals surface area contributed by atoms with Gasteiger partial charge in [-0.2, -0.15) is 0 Å². The molecule has 4 aromatic carbocycles. The normalized spacial score (nSPS) is 11.9. The van der Waals surface area contributed by atoms with Crippen LogP contribution in [0.5, 0.6) is 5.75 Å². The van der Waals surface area contributed by atoms with E-state index in [1.54, 1.807) is 7.11 Å². The maximum absolute atomic E-state index is 13.0. The largest absolute Gasteiger partial charge is 0.497 e. The lowest BCUT2D eigenvalue weighted by molar-refractivity contribution is 0.0976. The number of carbonyl (C=O) groups is 1. The van der Waals surface area contributed by atoms with Crippen LogP contribution < -0.4 is 4.74 Å². The number of hydrogen-bond acceptors (Lipinski definition) is 3. The highest BCUT2D eigenvalue weighted by atomic mass is 16.5. The summed E-state index contributed by atoms with van der Waals surface area (Å²) in [5.74, 6) is 1.85. The van der Waals surface area contributed by atoms with Gasteiger partial charge in [-0.15, -0.1) is 0 Å². The molecule has 0 N–H and O–H groups in total. The van der Waals surface area contributed by atoms with Crippen LogP contribution in [0.25, 0.3) is 22.4 Å². The first kappa shape index (κ1) is 21.7. The quantitative estimate of drug-likeness (QED) is 0.242. The maximum Gasteiger partial charge on any atom is 0.162 e. The van der Waals surface area contributed by atoms with Crippen molar-refractivity contribution in [2.45, 2.75) is 18.9 Å². The zero-order chi connectivity index (χ0) is 23.3. The summed E-state index contributed by atoms with van der Waals surface area (Å²) >= 11 is 0. The predicted molar refractivity (Wildman–Crippen MR) is 136 cm³/mol. The zero-order valence-electron chi connectivity index (χ0n) is 19.1. The van der Waals surface area contributed by atoms with Gasteiger partial charge >= 0.3 is 0 Å². The highest BCUT2D eigenvalue weighted by Gasteiger charge is 2.23. The van der Waals surface area contributed by atoms with Gasteiger partial charge in [-0.05, 0) is 36.2 Å². The molecular formula is C30H26N2O2. The fourth-order valence-corrected chi connectivity index (χ4v) is 4.46. The highest BCUT2D eigenvalue weighted by Crippen LogP contribution is 2.35. The van der Waals surface area contributed by atoms with E-state index in [9.17, 15) is 4.79 Å². The fraction of sp³-hybridized carbons (Fsp3) is 0.133.